The molecule has 1 atom stereocenters. The number of ether oxygens (including phenoxy) is 2. The van der Waals surface area contributed by atoms with E-state index in [1.54, 1.807) is 45.0 Å². The third-order valence-corrected chi connectivity index (χ3v) is 5.95. The molecule has 8 heteroatoms. The Bertz CT molecular complexity index is 1270. The van der Waals surface area contributed by atoms with Crippen LogP contribution in [0.2, 0.25) is 0 Å². The third-order valence-electron chi connectivity index (χ3n) is 5.95. The second kappa shape index (κ2) is 10.7. The number of carboxylic acid groups (broad SMARTS) is 1. The van der Waals surface area contributed by atoms with Crippen LogP contribution in [-0.2, 0) is 20.7 Å². The summed E-state index contributed by atoms with van der Waals surface area (Å²) in [5.41, 5.74) is 4.85. The van der Waals surface area contributed by atoms with Gasteiger partial charge in [-0.15, -0.1) is 0 Å². The molecule has 4 rings (SSSR count). The van der Waals surface area contributed by atoms with Gasteiger partial charge in [-0.25, -0.2) is 14.4 Å². The lowest BCUT2D eigenvalue weighted by Crippen LogP contribution is -2.44. The Morgan fingerprint density at radius 2 is 1.51 bits per heavy atom. The second-order valence-electron chi connectivity index (χ2n) is 9.89. The molecule has 0 saturated heterocycles. The molecule has 0 radical (unpaired) electrons. The molecule has 3 aromatic rings. The van der Waals surface area contributed by atoms with E-state index in [0.717, 1.165) is 22.3 Å². The van der Waals surface area contributed by atoms with Crippen molar-refractivity contribution in [2.45, 2.75) is 44.8 Å². The van der Waals surface area contributed by atoms with E-state index in [1.807, 2.05) is 24.3 Å². The summed E-state index contributed by atoms with van der Waals surface area (Å²) in [5.74, 6) is -1.25. The highest BCUT2D eigenvalue weighted by Crippen LogP contribution is 2.44. The first-order valence-corrected chi connectivity index (χ1v) is 12.0. The molecule has 37 heavy (non-hydrogen) atoms. The average Bonchev–Trinajstić information content (AvgIpc) is 3.15. The minimum atomic E-state index is -1.19. The summed E-state index contributed by atoms with van der Waals surface area (Å²) in [4.78, 5) is 36.3. The van der Waals surface area contributed by atoms with Crippen LogP contribution >= 0.6 is 0 Å². The quantitative estimate of drug-likeness (QED) is 0.389. The number of rotatable bonds is 7. The summed E-state index contributed by atoms with van der Waals surface area (Å²) in [5, 5.41) is 14.6. The fraction of sp³-hybridized carbons (Fsp3) is 0.276. The summed E-state index contributed by atoms with van der Waals surface area (Å²) >= 11 is 0. The number of amides is 2. The van der Waals surface area contributed by atoms with Crippen LogP contribution in [0.25, 0.3) is 11.1 Å². The van der Waals surface area contributed by atoms with Gasteiger partial charge in [0.2, 0.25) is 0 Å². The summed E-state index contributed by atoms with van der Waals surface area (Å²) in [6.07, 6.45) is -1.41. The summed E-state index contributed by atoms with van der Waals surface area (Å²) in [6, 6.07) is 21.7. The molecule has 2 amide bonds. The smallest absolute Gasteiger partial charge is 0.411 e. The van der Waals surface area contributed by atoms with E-state index in [0.29, 0.717) is 11.3 Å². The van der Waals surface area contributed by atoms with E-state index >= 15 is 0 Å². The van der Waals surface area contributed by atoms with Crippen molar-refractivity contribution < 1.29 is 29.0 Å². The van der Waals surface area contributed by atoms with Crippen LogP contribution in [0.4, 0.5) is 15.3 Å². The van der Waals surface area contributed by atoms with E-state index in [2.05, 4.69) is 34.9 Å². The first-order chi connectivity index (χ1) is 17.6. The zero-order chi connectivity index (χ0) is 26.6. The summed E-state index contributed by atoms with van der Waals surface area (Å²) < 4.78 is 10.7. The highest BCUT2D eigenvalue weighted by molar-refractivity contribution is 5.85. The van der Waals surface area contributed by atoms with Gasteiger partial charge in [-0.3, -0.25) is 5.32 Å². The fourth-order valence-corrected chi connectivity index (χ4v) is 4.41. The zero-order valence-electron chi connectivity index (χ0n) is 21.0. The van der Waals surface area contributed by atoms with Crippen molar-refractivity contribution in [1.82, 2.24) is 5.32 Å². The third kappa shape index (κ3) is 6.46. The van der Waals surface area contributed by atoms with E-state index in [9.17, 15) is 19.5 Å². The van der Waals surface area contributed by atoms with Gasteiger partial charge in [0.1, 0.15) is 18.2 Å². The van der Waals surface area contributed by atoms with Crippen LogP contribution in [0.5, 0.6) is 0 Å². The van der Waals surface area contributed by atoms with E-state index in [1.165, 1.54) is 0 Å². The first kappa shape index (κ1) is 25.8. The molecule has 0 heterocycles. The minimum Gasteiger partial charge on any atom is -0.480 e. The highest BCUT2D eigenvalue weighted by atomic mass is 16.6. The Hall–Kier alpha value is -4.33. The molecule has 0 fully saturated rings. The van der Waals surface area contributed by atoms with Crippen LogP contribution in [0.3, 0.4) is 0 Å². The Morgan fingerprint density at radius 1 is 0.892 bits per heavy atom. The number of aliphatic carboxylic acids is 1. The molecule has 192 valence electrons. The Kier molecular flexibility index (Phi) is 7.47. The number of carboxylic acids is 1. The Morgan fingerprint density at radius 3 is 2.11 bits per heavy atom. The van der Waals surface area contributed by atoms with Crippen molar-refractivity contribution >= 4 is 23.8 Å². The van der Waals surface area contributed by atoms with Gasteiger partial charge in [-0.1, -0.05) is 60.7 Å². The lowest BCUT2D eigenvalue weighted by molar-refractivity contribution is -0.139. The number of hydrogen-bond donors (Lipinski definition) is 3. The molecule has 0 bridgehead atoms. The second-order valence-corrected chi connectivity index (χ2v) is 9.89. The number of carbonyl (C=O) groups excluding carboxylic acids is 2. The van der Waals surface area contributed by atoms with Gasteiger partial charge in [-0.05, 0) is 60.7 Å². The molecule has 1 aliphatic rings. The van der Waals surface area contributed by atoms with Gasteiger partial charge in [0.25, 0.3) is 0 Å². The van der Waals surface area contributed by atoms with Crippen molar-refractivity contribution in [3.05, 3.63) is 89.5 Å². The first-order valence-electron chi connectivity index (χ1n) is 12.0. The molecular weight excluding hydrogens is 472 g/mol. The molecular formula is C29H30N2O6. The topological polar surface area (TPSA) is 114 Å². The van der Waals surface area contributed by atoms with Crippen LogP contribution < -0.4 is 10.6 Å². The van der Waals surface area contributed by atoms with Gasteiger partial charge < -0.3 is 19.9 Å². The maximum atomic E-state index is 12.6. The van der Waals surface area contributed by atoms with Crippen LogP contribution in [0.15, 0.2) is 72.8 Å². The van der Waals surface area contributed by atoms with Crippen molar-refractivity contribution in [3.8, 4) is 11.1 Å². The molecule has 0 aromatic heterocycles. The Balaban J connectivity index is 1.37. The molecule has 3 aromatic carbocycles. The molecule has 8 nitrogen and oxygen atoms in total. The molecule has 0 unspecified atom stereocenters. The van der Waals surface area contributed by atoms with Crippen molar-refractivity contribution in [3.63, 3.8) is 0 Å². The standard InChI is InChI=1S/C29H30N2O6/c1-29(2,3)37-28(35)31-25(26(32)33)16-18-9-8-10-19(15-18)30-27(34)36-17-24-22-13-6-4-11-20(22)21-12-5-7-14-23(21)24/h4-15,24-25H,16-17H2,1-3H3,(H,30,34)(H,31,35)(H,32,33)/t25-/m0/s1. The zero-order valence-corrected chi connectivity index (χ0v) is 21.0. The van der Waals surface area contributed by atoms with Crippen molar-refractivity contribution in [1.29, 1.82) is 0 Å². The minimum absolute atomic E-state index is 0.00872. The monoisotopic (exact) mass is 502 g/mol. The van der Waals surface area contributed by atoms with Gasteiger partial charge in [0, 0.05) is 18.0 Å². The number of anilines is 1. The van der Waals surface area contributed by atoms with Gasteiger partial charge in [0.15, 0.2) is 0 Å². The highest BCUT2D eigenvalue weighted by Gasteiger charge is 2.29. The lowest BCUT2D eigenvalue weighted by Gasteiger charge is -2.22. The van der Waals surface area contributed by atoms with E-state index < -0.39 is 29.8 Å². The number of nitrogens with one attached hydrogen (secondary N) is 2. The number of carbonyl (C=O) groups is 3. The largest absolute Gasteiger partial charge is 0.480 e. The van der Waals surface area contributed by atoms with Crippen LogP contribution in [0, 0.1) is 0 Å². The van der Waals surface area contributed by atoms with Crippen molar-refractivity contribution in [2.24, 2.45) is 0 Å². The maximum Gasteiger partial charge on any atom is 0.411 e. The predicted octanol–water partition coefficient (Wildman–Crippen LogP) is 5.57. The van der Waals surface area contributed by atoms with Gasteiger partial charge in [0.05, 0.1) is 0 Å². The lowest BCUT2D eigenvalue weighted by atomic mass is 9.98. The predicted molar refractivity (Wildman–Crippen MR) is 140 cm³/mol. The maximum absolute atomic E-state index is 12.6. The number of fused-ring (bicyclic) bond motifs is 3. The Labute approximate surface area is 215 Å². The SMILES string of the molecule is CC(C)(C)OC(=O)N[C@@H](Cc1cccc(NC(=O)OCC2c3ccccc3-c3ccccc32)c1)C(=O)O. The fourth-order valence-electron chi connectivity index (χ4n) is 4.41. The van der Waals surface area contributed by atoms with Gasteiger partial charge in [-0.2, -0.15) is 0 Å². The summed E-state index contributed by atoms with van der Waals surface area (Å²) in [6.45, 7) is 5.27. The van der Waals surface area contributed by atoms with Crippen LogP contribution in [-0.4, -0.2) is 41.5 Å². The number of benzene rings is 3. The number of hydrogen-bond acceptors (Lipinski definition) is 5. The van der Waals surface area contributed by atoms with E-state index in [-0.39, 0.29) is 18.9 Å². The molecule has 0 aliphatic heterocycles. The molecule has 3 N–H and O–H groups in total. The molecule has 1 aliphatic carbocycles. The molecule has 0 saturated carbocycles. The van der Waals surface area contributed by atoms with E-state index in [4.69, 9.17) is 9.47 Å². The number of alkyl carbamates (subject to hydrolysis) is 1. The van der Waals surface area contributed by atoms with Crippen LogP contribution in [0.1, 0.15) is 43.4 Å². The molecule has 0 spiro atoms. The van der Waals surface area contributed by atoms with Gasteiger partial charge >= 0.3 is 18.2 Å². The normalized spacial score (nSPS) is 13.2. The summed E-state index contributed by atoms with van der Waals surface area (Å²) in [7, 11) is 0. The van der Waals surface area contributed by atoms with Crippen molar-refractivity contribution in [2.75, 3.05) is 11.9 Å². The average molecular weight is 503 g/mol.